The second kappa shape index (κ2) is 5.98. The van der Waals surface area contributed by atoms with Crippen molar-refractivity contribution in [2.75, 3.05) is 6.54 Å². The molecule has 3 N–H and O–H groups in total. The maximum atomic E-state index is 11.1. The lowest BCUT2D eigenvalue weighted by molar-refractivity contribution is -0.156. The SMILES string of the molecule is CC=CC=CC(=O)NCC(C)(O)C(=O)O. The van der Waals surface area contributed by atoms with Crippen LogP contribution in [0.15, 0.2) is 24.3 Å². The average Bonchev–Trinajstić information content (AvgIpc) is 2.15. The molecule has 0 aliphatic heterocycles. The van der Waals surface area contributed by atoms with Gasteiger partial charge in [-0.2, -0.15) is 0 Å². The second-order valence-corrected chi connectivity index (χ2v) is 3.18. The van der Waals surface area contributed by atoms with Gasteiger partial charge in [-0.25, -0.2) is 4.79 Å². The van der Waals surface area contributed by atoms with E-state index >= 15 is 0 Å². The molecule has 0 saturated carbocycles. The molecular formula is C10H15NO4. The summed E-state index contributed by atoms with van der Waals surface area (Å²) in [7, 11) is 0. The summed E-state index contributed by atoms with van der Waals surface area (Å²) in [5.41, 5.74) is -1.94. The first-order valence-electron chi connectivity index (χ1n) is 4.43. The predicted molar refractivity (Wildman–Crippen MR) is 55.2 cm³/mol. The van der Waals surface area contributed by atoms with Crippen molar-refractivity contribution >= 4 is 11.9 Å². The van der Waals surface area contributed by atoms with Crippen LogP contribution >= 0.6 is 0 Å². The van der Waals surface area contributed by atoms with Gasteiger partial charge in [-0.15, -0.1) is 0 Å². The maximum Gasteiger partial charge on any atom is 0.337 e. The molecule has 1 amide bonds. The summed E-state index contributed by atoms with van der Waals surface area (Å²) in [6, 6.07) is 0. The molecule has 15 heavy (non-hydrogen) atoms. The van der Waals surface area contributed by atoms with Gasteiger partial charge in [-0.05, 0) is 13.8 Å². The first-order valence-corrected chi connectivity index (χ1v) is 4.43. The van der Waals surface area contributed by atoms with Gasteiger partial charge < -0.3 is 15.5 Å². The highest BCUT2D eigenvalue weighted by Gasteiger charge is 2.29. The molecule has 0 aliphatic rings. The van der Waals surface area contributed by atoms with Gasteiger partial charge in [-0.3, -0.25) is 4.79 Å². The fraction of sp³-hybridized carbons (Fsp3) is 0.400. The number of rotatable bonds is 5. The summed E-state index contributed by atoms with van der Waals surface area (Å²) >= 11 is 0. The molecule has 5 heteroatoms. The summed E-state index contributed by atoms with van der Waals surface area (Å²) in [6.45, 7) is 2.59. The minimum atomic E-state index is -1.94. The Bertz CT molecular complexity index is 292. The summed E-state index contributed by atoms with van der Waals surface area (Å²) in [5.74, 6) is -1.82. The quantitative estimate of drug-likeness (QED) is 0.445. The van der Waals surface area contributed by atoms with Gasteiger partial charge in [0.2, 0.25) is 5.91 Å². The smallest absolute Gasteiger partial charge is 0.337 e. The van der Waals surface area contributed by atoms with Gasteiger partial charge in [0.25, 0.3) is 0 Å². The molecule has 1 atom stereocenters. The van der Waals surface area contributed by atoms with Crippen molar-refractivity contribution in [3.05, 3.63) is 24.3 Å². The Hall–Kier alpha value is -1.62. The minimum Gasteiger partial charge on any atom is -0.479 e. The number of aliphatic hydroxyl groups is 1. The number of hydrogen-bond acceptors (Lipinski definition) is 3. The average molecular weight is 213 g/mol. The molecule has 0 heterocycles. The fourth-order valence-corrected chi connectivity index (χ4v) is 0.648. The summed E-state index contributed by atoms with van der Waals surface area (Å²) in [4.78, 5) is 21.5. The lowest BCUT2D eigenvalue weighted by Gasteiger charge is -2.17. The van der Waals surface area contributed by atoms with Crippen LogP contribution in [-0.4, -0.2) is 34.2 Å². The van der Waals surface area contributed by atoms with Gasteiger partial charge in [0.05, 0.1) is 6.54 Å². The molecule has 0 saturated heterocycles. The normalized spacial score (nSPS) is 15.4. The van der Waals surface area contributed by atoms with Crippen molar-refractivity contribution < 1.29 is 19.8 Å². The van der Waals surface area contributed by atoms with E-state index in [1.165, 1.54) is 12.2 Å². The highest BCUT2D eigenvalue weighted by atomic mass is 16.4. The molecule has 0 aromatic carbocycles. The standard InChI is InChI=1S/C10H15NO4/c1-3-4-5-6-8(12)11-7-10(2,15)9(13)14/h3-6,15H,7H2,1-2H3,(H,11,12)(H,13,14). The van der Waals surface area contributed by atoms with Gasteiger partial charge in [0, 0.05) is 6.08 Å². The number of allylic oxidation sites excluding steroid dienone is 3. The fourth-order valence-electron chi connectivity index (χ4n) is 0.648. The summed E-state index contributed by atoms with van der Waals surface area (Å²) in [6.07, 6.45) is 6.18. The van der Waals surface area contributed by atoms with Crippen molar-refractivity contribution in [1.29, 1.82) is 0 Å². The van der Waals surface area contributed by atoms with Gasteiger partial charge in [0.15, 0.2) is 5.60 Å². The van der Waals surface area contributed by atoms with Crippen molar-refractivity contribution in [2.24, 2.45) is 0 Å². The Morgan fingerprint density at radius 3 is 2.47 bits per heavy atom. The van der Waals surface area contributed by atoms with Crippen molar-refractivity contribution in [3.63, 3.8) is 0 Å². The van der Waals surface area contributed by atoms with Crippen LogP contribution in [-0.2, 0) is 9.59 Å². The summed E-state index contributed by atoms with van der Waals surface area (Å²) in [5, 5.41) is 20.1. The number of hydrogen-bond donors (Lipinski definition) is 3. The number of aliphatic carboxylic acids is 1. The number of carboxylic acids is 1. The van der Waals surface area contributed by atoms with E-state index in [9.17, 15) is 14.7 Å². The van der Waals surface area contributed by atoms with Crippen LogP contribution in [0.5, 0.6) is 0 Å². The molecule has 0 aliphatic carbocycles. The zero-order chi connectivity index (χ0) is 11.9. The van der Waals surface area contributed by atoms with Crippen LogP contribution in [0, 0.1) is 0 Å². The Labute approximate surface area is 88.1 Å². The maximum absolute atomic E-state index is 11.1. The number of carboxylic acid groups (broad SMARTS) is 1. The first-order chi connectivity index (χ1) is 6.90. The molecule has 5 nitrogen and oxygen atoms in total. The molecule has 0 fully saturated rings. The Kier molecular flexibility index (Phi) is 5.33. The van der Waals surface area contributed by atoms with Crippen molar-refractivity contribution in [1.82, 2.24) is 5.32 Å². The third kappa shape index (κ3) is 5.64. The van der Waals surface area contributed by atoms with E-state index < -0.39 is 17.5 Å². The van der Waals surface area contributed by atoms with E-state index in [1.54, 1.807) is 19.1 Å². The number of nitrogens with one attached hydrogen (secondary N) is 1. The topological polar surface area (TPSA) is 86.6 Å². The zero-order valence-electron chi connectivity index (χ0n) is 8.73. The highest BCUT2D eigenvalue weighted by molar-refractivity contribution is 5.88. The summed E-state index contributed by atoms with van der Waals surface area (Å²) < 4.78 is 0. The molecule has 0 aromatic heterocycles. The second-order valence-electron chi connectivity index (χ2n) is 3.18. The lowest BCUT2D eigenvalue weighted by atomic mass is 10.1. The van der Waals surface area contributed by atoms with E-state index in [-0.39, 0.29) is 6.54 Å². The van der Waals surface area contributed by atoms with Crippen LogP contribution in [0.3, 0.4) is 0 Å². The Morgan fingerprint density at radius 1 is 1.40 bits per heavy atom. The zero-order valence-corrected chi connectivity index (χ0v) is 8.73. The van der Waals surface area contributed by atoms with E-state index in [2.05, 4.69) is 5.32 Å². The van der Waals surface area contributed by atoms with E-state index in [1.807, 2.05) is 0 Å². The van der Waals surface area contributed by atoms with Crippen LogP contribution in [0.1, 0.15) is 13.8 Å². The lowest BCUT2D eigenvalue weighted by Crippen LogP contribution is -2.46. The molecule has 1 unspecified atom stereocenters. The van der Waals surface area contributed by atoms with Gasteiger partial charge >= 0.3 is 5.97 Å². The predicted octanol–water partition coefficient (Wildman–Crippen LogP) is 0.0705. The monoisotopic (exact) mass is 213 g/mol. The molecule has 0 spiro atoms. The molecule has 0 bridgehead atoms. The first kappa shape index (κ1) is 13.4. The third-order valence-electron chi connectivity index (χ3n) is 1.62. The van der Waals surface area contributed by atoms with Crippen LogP contribution in [0.25, 0.3) is 0 Å². The van der Waals surface area contributed by atoms with Crippen molar-refractivity contribution in [2.45, 2.75) is 19.4 Å². The van der Waals surface area contributed by atoms with Crippen LogP contribution in [0.4, 0.5) is 0 Å². The molecular weight excluding hydrogens is 198 g/mol. The van der Waals surface area contributed by atoms with E-state index in [0.29, 0.717) is 0 Å². The Balaban J connectivity index is 4.06. The Morgan fingerprint density at radius 2 is 2.00 bits per heavy atom. The van der Waals surface area contributed by atoms with Gasteiger partial charge in [-0.1, -0.05) is 18.2 Å². The largest absolute Gasteiger partial charge is 0.479 e. The molecule has 0 radical (unpaired) electrons. The number of amides is 1. The van der Waals surface area contributed by atoms with Crippen LogP contribution < -0.4 is 5.32 Å². The molecule has 84 valence electrons. The molecule has 0 rings (SSSR count). The molecule has 0 aromatic rings. The van der Waals surface area contributed by atoms with E-state index in [0.717, 1.165) is 6.92 Å². The number of carbonyl (C=O) groups is 2. The van der Waals surface area contributed by atoms with Crippen LogP contribution in [0.2, 0.25) is 0 Å². The van der Waals surface area contributed by atoms with Gasteiger partial charge in [0.1, 0.15) is 0 Å². The highest BCUT2D eigenvalue weighted by Crippen LogP contribution is 2.00. The minimum absolute atomic E-state index is 0.332. The number of carbonyl (C=O) groups excluding carboxylic acids is 1. The van der Waals surface area contributed by atoms with Crippen molar-refractivity contribution in [3.8, 4) is 0 Å². The van der Waals surface area contributed by atoms with E-state index in [4.69, 9.17) is 5.11 Å². The third-order valence-corrected chi connectivity index (χ3v) is 1.62.